The van der Waals surface area contributed by atoms with Crippen LogP contribution in [0.25, 0.3) is 0 Å². The molecular weight excluding hydrogens is 188 g/mol. The Morgan fingerprint density at radius 3 is 2.67 bits per heavy atom. The summed E-state index contributed by atoms with van der Waals surface area (Å²) in [4.78, 5) is 11.4. The Morgan fingerprint density at radius 2 is 2.13 bits per heavy atom. The molecule has 0 aliphatic heterocycles. The van der Waals surface area contributed by atoms with Crippen LogP contribution in [0.2, 0.25) is 0 Å². The predicted octanol–water partition coefficient (Wildman–Crippen LogP) is 1.81. The van der Waals surface area contributed by atoms with Crippen LogP contribution >= 0.6 is 0 Å². The molecule has 3 nitrogen and oxygen atoms in total. The predicted molar refractivity (Wildman–Crippen MR) is 62.5 cm³/mol. The van der Waals surface area contributed by atoms with Crippen LogP contribution in [0.3, 0.4) is 0 Å². The van der Waals surface area contributed by atoms with Crippen molar-refractivity contribution < 1.29 is 4.79 Å². The van der Waals surface area contributed by atoms with E-state index in [1.165, 1.54) is 25.7 Å². The summed E-state index contributed by atoms with van der Waals surface area (Å²) >= 11 is 0. The molecule has 0 spiro atoms. The first kappa shape index (κ1) is 12.5. The van der Waals surface area contributed by atoms with Crippen molar-refractivity contribution in [2.24, 2.45) is 11.1 Å². The maximum Gasteiger partial charge on any atom is 0.220 e. The molecule has 1 fully saturated rings. The van der Waals surface area contributed by atoms with E-state index in [2.05, 4.69) is 12.2 Å². The molecule has 1 rings (SSSR count). The average molecular weight is 212 g/mol. The second-order valence-corrected chi connectivity index (χ2v) is 4.77. The Balaban J connectivity index is 2.06. The van der Waals surface area contributed by atoms with Gasteiger partial charge >= 0.3 is 0 Å². The molecule has 15 heavy (non-hydrogen) atoms. The molecule has 0 radical (unpaired) electrons. The first-order valence-corrected chi connectivity index (χ1v) is 6.19. The maximum absolute atomic E-state index is 11.4. The molecule has 0 atom stereocenters. The monoisotopic (exact) mass is 212 g/mol. The Kier molecular flexibility index (Phi) is 5.09. The standard InChI is InChI=1S/C12H24N2O/c1-2-6-12(7-8-12)10-14-11(15)5-3-4-9-13/h2-10,13H2,1H3,(H,14,15). The fourth-order valence-corrected chi connectivity index (χ4v) is 2.03. The van der Waals surface area contributed by atoms with Crippen LogP contribution in [0.5, 0.6) is 0 Å². The van der Waals surface area contributed by atoms with E-state index < -0.39 is 0 Å². The van der Waals surface area contributed by atoms with E-state index in [0.29, 0.717) is 18.4 Å². The quantitative estimate of drug-likeness (QED) is 0.603. The lowest BCUT2D eigenvalue weighted by Gasteiger charge is -2.14. The van der Waals surface area contributed by atoms with Gasteiger partial charge in [0.1, 0.15) is 0 Å². The lowest BCUT2D eigenvalue weighted by Crippen LogP contribution is -2.30. The van der Waals surface area contributed by atoms with Gasteiger partial charge in [0, 0.05) is 13.0 Å². The molecule has 3 heteroatoms. The van der Waals surface area contributed by atoms with Crippen molar-refractivity contribution in [2.75, 3.05) is 13.1 Å². The average Bonchev–Trinajstić information content (AvgIpc) is 2.97. The molecule has 1 amide bonds. The highest BCUT2D eigenvalue weighted by Gasteiger charge is 2.41. The van der Waals surface area contributed by atoms with Gasteiger partial charge < -0.3 is 11.1 Å². The van der Waals surface area contributed by atoms with Crippen molar-refractivity contribution in [3.8, 4) is 0 Å². The number of carbonyl (C=O) groups is 1. The second kappa shape index (κ2) is 6.11. The summed E-state index contributed by atoms with van der Waals surface area (Å²) in [7, 11) is 0. The third-order valence-corrected chi connectivity index (χ3v) is 3.26. The van der Waals surface area contributed by atoms with E-state index in [9.17, 15) is 4.79 Å². The van der Waals surface area contributed by atoms with Gasteiger partial charge in [0.05, 0.1) is 0 Å². The molecule has 0 aromatic carbocycles. The van der Waals surface area contributed by atoms with Crippen LogP contribution in [0.15, 0.2) is 0 Å². The molecule has 0 heterocycles. The zero-order valence-electron chi connectivity index (χ0n) is 9.85. The van der Waals surface area contributed by atoms with Gasteiger partial charge in [-0.05, 0) is 44.1 Å². The third-order valence-electron chi connectivity index (χ3n) is 3.26. The number of hydrogen-bond acceptors (Lipinski definition) is 2. The minimum atomic E-state index is 0.200. The zero-order chi connectivity index (χ0) is 11.1. The van der Waals surface area contributed by atoms with E-state index in [1.807, 2.05) is 0 Å². The van der Waals surface area contributed by atoms with Crippen molar-refractivity contribution >= 4 is 5.91 Å². The number of unbranched alkanes of at least 4 members (excludes halogenated alkanes) is 1. The highest BCUT2D eigenvalue weighted by molar-refractivity contribution is 5.75. The van der Waals surface area contributed by atoms with Gasteiger partial charge in [-0.15, -0.1) is 0 Å². The van der Waals surface area contributed by atoms with Crippen LogP contribution in [0, 0.1) is 5.41 Å². The van der Waals surface area contributed by atoms with Crippen molar-refractivity contribution in [2.45, 2.75) is 51.9 Å². The highest BCUT2D eigenvalue weighted by Crippen LogP contribution is 2.48. The van der Waals surface area contributed by atoms with Gasteiger partial charge in [-0.2, -0.15) is 0 Å². The van der Waals surface area contributed by atoms with Crippen molar-refractivity contribution in [1.29, 1.82) is 0 Å². The molecule has 0 saturated heterocycles. The fraction of sp³-hybridized carbons (Fsp3) is 0.917. The summed E-state index contributed by atoms with van der Waals surface area (Å²) in [6.07, 6.45) is 7.59. The normalized spacial score (nSPS) is 17.5. The van der Waals surface area contributed by atoms with Crippen LogP contribution in [-0.4, -0.2) is 19.0 Å². The molecule has 0 unspecified atom stereocenters. The Morgan fingerprint density at radius 1 is 1.40 bits per heavy atom. The third kappa shape index (κ3) is 4.65. The van der Waals surface area contributed by atoms with E-state index in [1.54, 1.807) is 0 Å². The lowest BCUT2D eigenvalue weighted by molar-refractivity contribution is -0.121. The first-order valence-electron chi connectivity index (χ1n) is 6.19. The van der Waals surface area contributed by atoms with Crippen molar-refractivity contribution in [3.63, 3.8) is 0 Å². The molecular formula is C12H24N2O. The highest BCUT2D eigenvalue weighted by atomic mass is 16.1. The summed E-state index contributed by atoms with van der Waals surface area (Å²) in [5, 5.41) is 3.05. The van der Waals surface area contributed by atoms with Gasteiger partial charge in [-0.3, -0.25) is 4.79 Å². The Hall–Kier alpha value is -0.570. The molecule has 1 aliphatic rings. The van der Waals surface area contributed by atoms with Crippen LogP contribution in [0.1, 0.15) is 51.9 Å². The summed E-state index contributed by atoms with van der Waals surface area (Å²) in [6, 6.07) is 0. The number of carbonyl (C=O) groups excluding carboxylic acids is 1. The largest absolute Gasteiger partial charge is 0.356 e. The minimum Gasteiger partial charge on any atom is -0.356 e. The number of nitrogens with one attached hydrogen (secondary N) is 1. The Labute approximate surface area is 92.8 Å². The first-order chi connectivity index (χ1) is 7.22. The molecule has 0 aromatic rings. The summed E-state index contributed by atoms with van der Waals surface area (Å²) < 4.78 is 0. The van der Waals surface area contributed by atoms with Crippen LogP contribution in [-0.2, 0) is 4.79 Å². The number of rotatable bonds is 8. The van der Waals surface area contributed by atoms with Gasteiger partial charge in [0.25, 0.3) is 0 Å². The topological polar surface area (TPSA) is 55.1 Å². The van der Waals surface area contributed by atoms with Gasteiger partial charge in [0.2, 0.25) is 5.91 Å². The molecule has 0 bridgehead atoms. The van der Waals surface area contributed by atoms with E-state index in [-0.39, 0.29) is 5.91 Å². The maximum atomic E-state index is 11.4. The lowest BCUT2D eigenvalue weighted by atomic mass is 10.0. The molecule has 3 N–H and O–H groups in total. The zero-order valence-corrected chi connectivity index (χ0v) is 9.85. The van der Waals surface area contributed by atoms with Gasteiger partial charge in [0.15, 0.2) is 0 Å². The van der Waals surface area contributed by atoms with Crippen molar-refractivity contribution in [1.82, 2.24) is 5.32 Å². The fourth-order valence-electron chi connectivity index (χ4n) is 2.03. The van der Waals surface area contributed by atoms with Gasteiger partial charge in [-0.1, -0.05) is 13.3 Å². The summed E-state index contributed by atoms with van der Waals surface area (Å²) in [5.74, 6) is 0.200. The van der Waals surface area contributed by atoms with Crippen LogP contribution in [0.4, 0.5) is 0 Å². The van der Waals surface area contributed by atoms with Crippen LogP contribution < -0.4 is 11.1 Å². The second-order valence-electron chi connectivity index (χ2n) is 4.77. The number of nitrogens with two attached hydrogens (primary N) is 1. The molecule has 0 aromatic heterocycles. The Bertz CT molecular complexity index is 200. The summed E-state index contributed by atoms with van der Waals surface area (Å²) in [5.41, 5.74) is 5.85. The van der Waals surface area contributed by atoms with E-state index in [0.717, 1.165) is 19.4 Å². The van der Waals surface area contributed by atoms with Gasteiger partial charge in [-0.25, -0.2) is 0 Å². The number of amides is 1. The minimum absolute atomic E-state index is 0.200. The summed E-state index contributed by atoms with van der Waals surface area (Å²) in [6.45, 7) is 3.79. The van der Waals surface area contributed by atoms with E-state index in [4.69, 9.17) is 5.73 Å². The SMILES string of the molecule is CCCC1(CNC(=O)CCCCN)CC1. The van der Waals surface area contributed by atoms with Crippen molar-refractivity contribution in [3.05, 3.63) is 0 Å². The molecule has 88 valence electrons. The van der Waals surface area contributed by atoms with E-state index >= 15 is 0 Å². The number of hydrogen-bond donors (Lipinski definition) is 2. The molecule has 1 saturated carbocycles. The molecule has 1 aliphatic carbocycles. The smallest absolute Gasteiger partial charge is 0.220 e.